The first-order valence-electron chi connectivity index (χ1n) is 7.04. The van der Waals surface area contributed by atoms with Gasteiger partial charge in [0.1, 0.15) is 12.7 Å². The second-order valence-corrected chi connectivity index (χ2v) is 5.77. The minimum absolute atomic E-state index is 0.415. The highest BCUT2D eigenvalue weighted by Crippen LogP contribution is 2.41. The van der Waals surface area contributed by atoms with Gasteiger partial charge in [-0.15, -0.1) is 0 Å². The van der Waals surface area contributed by atoms with Crippen molar-refractivity contribution in [3.8, 4) is 0 Å². The van der Waals surface area contributed by atoms with Gasteiger partial charge in [0.15, 0.2) is 11.9 Å². The van der Waals surface area contributed by atoms with E-state index in [1.807, 2.05) is 0 Å². The van der Waals surface area contributed by atoms with Crippen molar-refractivity contribution >= 4 is 0 Å². The maximum absolute atomic E-state index is 10.3. The van der Waals surface area contributed by atoms with E-state index in [9.17, 15) is 30.6 Å². The van der Waals surface area contributed by atoms with Crippen LogP contribution in [0.5, 0.6) is 0 Å². The normalized spacial score (nSPS) is 45.7. The number of rotatable bonds is 4. The highest BCUT2D eigenvalue weighted by Gasteiger charge is 2.69. The smallest absolute Gasteiger partial charge is 0.251 e. The first kappa shape index (κ1) is 17.9. The summed E-state index contributed by atoms with van der Waals surface area (Å²) in [5.74, 6) is -6.40. The van der Waals surface area contributed by atoms with Crippen molar-refractivity contribution < 1.29 is 45.2 Å². The molecule has 0 saturated carbocycles. The third-order valence-electron chi connectivity index (χ3n) is 4.18. The fraction of sp³-hybridized carbons (Fsp3) is 1.00. The van der Waals surface area contributed by atoms with E-state index in [2.05, 4.69) is 5.32 Å². The zero-order chi connectivity index (χ0) is 16.6. The molecule has 22 heavy (non-hydrogen) atoms. The van der Waals surface area contributed by atoms with Crippen LogP contribution in [0.3, 0.4) is 0 Å². The minimum Gasteiger partial charge on any atom is -0.393 e. The number of hydrogen-bond acceptors (Lipinski definition) is 10. The van der Waals surface area contributed by atoms with Crippen LogP contribution in [0.25, 0.3) is 0 Å². The van der Waals surface area contributed by atoms with Crippen LogP contribution >= 0.6 is 0 Å². The number of nitrogens with one attached hydrogen (secondary N) is 1. The van der Waals surface area contributed by atoms with E-state index < -0.39 is 48.9 Å². The molecule has 2 rings (SSSR count). The summed E-state index contributed by atoms with van der Waals surface area (Å²) in [6.07, 6.45) is -3.28. The Morgan fingerprint density at radius 3 is 2.32 bits per heavy atom. The van der Waals surface area contributed by atoms with Crippen molar-refractivity contribution in [2.24, 2.45) is 0 Å². The Balaban J connectivity index is 2.25. The first-order valence-corrected chi connectivity index (χ1v) is 7.04. The molecule has 5 unspecified atom stereocenters. The molecule has 2 fully saturated rings. The number of piperidine rings is 1. The summed E-state index contributed by atoms with van der Waals surface area (Å²) in [5, 5.41) is 71.4. The molecular formula is C12H23NO9. The molecule has 0 aliphatic carbocycles. The van der Waals surface area contributed by atoms with Crippen LogP contribution in [0, 0.1) is 0 Å². The molecule has 2 aliphatic rings. The van der Waals surface area contributed by atoms with E-state index in [-0.39, 0.29) is 0 Å². The van der Waals surface area contributed by atoms with Gasteiger partial charge in [0.05, 0.1) is 12.7 Å². The van der Waals surface area contributed by atoms with Gasteiger partial charge >= 0.3 is 0 Å². The Hall–Kier alpha value is -0.400. The van der Waals surface area contributed by atoms with Crippen LogP contribution < -0.4 is 5.32 Å². The van der Waals surface area contributed by atoms with Gasteiger partial charge in [-0.25, -0.2) is 0 Å². The predicted molar refractivity (Wildman–Crippen MR) is 69.1 cm³/mol. The molecule has 2 aliphatic heterocycles. The second kappa shape index (κ2) is 6.24. The average Bonchev–Trinajstić information content (AvgIpc) is 2.52. The summed E-state index contributed by atoms with van der Waals surface area (Å²) in [7, 11) is 0. The van der Waals surface area contributed by atoms with Gasteiger partial charge < -0.3 is 50.5 Å². The van der Waals surface area contributed by atoms with Crippen molar-refractivity contribution in [1.29, 1.82) is 0 Å². The Kier molecular flexibility index (Phi) is 5.09. The predicted octanol–water partition coefficient (Wildman–Crippen LogP) is -4.44. The third-order valence-corrected chi connectivity index (χ3v) is 4.18. The lowest BCUT2D eigenvalue weighted by Crippen LogP contribution is -2.79. The number of ether oxygens (including phenoxy) is 2. The van der Waals surface area contributed by atoms with Crippen molar-refractivity contribution in [2.45, 2.75) is 48.5 Å². The van der Waals surface area contributed by atoms with Crippen molar-refractivity contribution in [2.75, 3.05) is 26.3 Å². The van der Waals surface area contributed by atoms with Crippen LogP contribution in [0.1, 0.15) is 12.8 Å². The topological polar surface area (TPSA) is 172 Å². The van der Waals surface area contributed by atoms with Crippen LogP contribution in [0.15, 0.2) is 0 Å². The number of aliphatic hydroxyl groups is 7. The van der Waals surface area contributed by atoms with E-state index in [1.165, 1.54) is 0 Å². The molecule has 130 valence electrons. The van der Waals surface area contributed by atoms with Gasteiger partial charge in [0.2, 0.25) is 5.79 Å². The highest BCUT2D eigenvalue weighted by molar-refractivity contribution is 5.07. The molecule has 0 aromatic heterocycles. The first-order chi connectivity index (χ1) is 10.2. The van der Waals surface area contributed by atoms with Crippen LogP contribution in [-0.2, 0) is 9.47 Å². The average molecular weight is 325 g/mol. The van der Waals surface area contributed by atoms with Gasteiger partial charge in [0, 0.05) is 6.54 Å². The quantitative estimate of drug-likeness (QED) is 0.236. The fourth-order valence-electron chi connectivity index (χ4n) is 2.63. The van der Waals surface area contributed by atoms with Gasteiger partial charge in [-0.1, -0.05) is 0 Å². The fourth-order valence-corrected chi connectivity index (χ4v) is 2.63. The van der Waals surface area contributed by atoms with E-state index in [4.69, 9.17) is 14.6 Å². The minimum atomic E-state index is -3.41. The standard InChI is InChI=1S/C12H23NO9/c14-5-10(17)8(16)12(19,20)11(18,6-15)22-9(10)21-7-2-1-3-13-4-7/h7-9,13-20H,1-6H2. The molecular weight excluding hydrogens is 302 g/mol. The Morgan fingerprint density at radius 1 is 1.14 bits per heavy atom. The molecule has 0 spiro atoms. The SMILES string of the molecule is OCC1(O)C(OC2CCCNC2)OC(O)(CO)C(O)(O)C1O. The molecule has 2 heterocycles. The van der Waals surface area contributed by atoms with Crippen molar-refractivity contribution in [3.63, 3.8) is 0 Å². The van der Waals surface area contributed by atoms with Gasteiger partial charge in [-0.3, -0.25) is 0 Å². The third kappa shape index (κ3) is 2.76. The van der Waals surface area contributed by atoms with Crippen LogP contribution in [0.2, 0.25) is 0 Å². The molecule has 0 aromatic carbocycles. The summed E-state index contributed by atoms with van der Waals surface area (Å²) in [5.41, 5.74) is -2.59. The largest absolute Gasteiger partial charge is 0.393 e. The summed E-state index contributed by atoms with van der Waals surface area (Å²) in [6.45, 7) is -1.20. The van der Waals surface area contributed by atoms with E-state index in [0.717, 1.165) is 13.0 Å². The maximum atomic E-state index is 10.3. The van der Waals surface area contributed by atoms with Crippen molar-refractivity contribution in [1.82, 2.24) is 5.32 Å². The second-order valence-electron chi connectivity index (χ2n) is 5.77. The summed E-state index contributed by atoms with van der Waals surface area (Å²) in [4.78, 5) is 0. The zero-order valence-corrected chi connectivity index (χ0v) is 11.9. The molecule has 0 radical (unpaired) electrons. The molecule has 8 N–H and O–H groups in total. The van der Waals surface area contributed by atoms with Crippen molar-refractivity contribution in [3.05, 3.63) is 0 Å². The highest BCUT2D eigenvalue weighted by atomic mass is 16.8. The van der Waals surface area contributed by atoms with E-state index in [0.29, 0.717) is 13.0 Å². The number of hydrogen-bond donors (Lipinski definition) is 8. The zero-order valence-electron chi connectivity index (χ0n) is 11.9. The van der Waals surface area contributed by atoms with Gasteiger partial charge in [0.25, 0.3) is 5.79 Å². The summed E-state index contributed by atoms with van der Waals surface area (Å²) in [6, 6.07) is 0. The Bertz CT molecular complexity index is 389. The van der Waals surface area contributed by atoms with E-state index in [1.54, 1.807) is 0 Å². The lowest BCUT2D eigenvalue weighted by molar-refractivity contribution is -0.498. The van der Waals surface area contributed by atoms with Crippen LogP contribution in [0.4, 0.5) is 0 Å². The molecule has 2 saturated heterocycles. The monoisotopic (exact) mass is 325 g/mol. The lowest BCUT2D eigenvalue weighted by Gasteiger charge is -2.54. The number of aliphatic hydroxyl groups excluding tert-OH is 3. The maximum Gasteiger partial charge on any atom is 0.251 e. The van der Waals surface area contributed by atoms with Gasteiger partial charge in [-0.05, 0) is 19.4 Å². The lowest BCUT2D eigenvalue weighted by atomic mass is 9.82. The molecule has 0 aromatic rings. The molecule has 10 heteroatoms. The Morgan fingerprint density at radius 2 is 1.82 bits per heavy atom. The summed E-state index contributed by atoms with van der Waals surface area (Å²) < 4.78 is 10.4. The Labute approximate surface area is 126 Å². The molecule has 5 atom stereocenters. The molecule has 10 nitrogen and oxygen atoms in total. The van der Waals surface area contributed by atoms with Gasteiger partial charge in [-0.2, -0.15) is 0 Å². The molecule has 0 amide bonds. The van der Waals surface area contributed by atoms with Crippen LogP contribution in [-0.4, -0.2) is 97.7 Å². The molecule has 0 bridgehead atoms. The summed E-state index contributed by atoms with van der Waals surface area (Å²) >= 11 is 0. The van der Waals surface area contributed by atoms with E-state index >= 15 is 0 Å².